The van der Waals surface area contributed by atoms with Crippen molar-refractivity contribution in [3.8, 4) is 0 Å². The third kappa shape index (κ3) is 5.30. The topological polar surface area (TPSA) is 26.3 Å². The largest absolute Gasteiger partial charge is 0.466 e. The van der Waals surface area contributed by atoms with E-state index in [1.54, 1.807) is 0 Å². The summed E-state index contributed by atoms with van der Waals surface area (Å²) in [5, 5.41) is 1.20. The first-order valence-corrected chi connectivity index (χ1v) is 11.5. The lowest BCUT2D eigenvalue weighted by Crippen LogP contribution is -2.32. The van der Waals surface area contributed by atoms with Crippen LogP contribution in [0, 0.1) is 11.8 Å². The van der Waals surface area contributed by atoms with Gasteiger partial charge in [0.2, 0.25) is 0 Å². The summed E-state index contributed by atoms with van der Waals surface area (Å²) in [5.41, 5.74) is 3.52. The van der Waals surface area contributed by atoms with Crippen molar-refractivity contribution in [1.82, 2.24) is 0 Å². The maximum atomic E-state index is 12.0. The molecule has 0 aromatic rings. The van der Waals surface area contributed by atoms with E-state index in [1.165, 1.54) is 37.3 Å². The van der Waals surface area contributed by atoms with Crippen molar-refractivity contribution in [1.29, 1.82) is 0 Å². The molecule has 0 heterocycles. The van der Waals surface area contributed by atoms with E-state index in [4.69, 9.17) is 4.74 Å². The van der Waals surface area contributed by atoms with Crippen molar-refractivity contribution in [3.63, 3.8) is 0 Å². The van der Waals surface area contributed by atoms with Crippen LogP contribution < -0.4 is 0 Å². The summed E-state index contributed by atoms with van der Waals surface area (Å²) >= 11 is 0. The molecule has 0 N–H and O–H groups in total. The average Bonchev–Trinajstić information content (AvgIpc) is 2.38. The number of carbonyl (C=O) groups excluding carboxylic acids is 1. The lowest BCUT2D eigenvalue weighted by molar-refractivity contribution is -0.145. The Hall–Kier alpha value is -0.793. The van der Waals surface area contributed by atoms with Gasteiger partial charge in [0, 0.05) is 0 Å². The fourth-order valence-corrected chi connectivity index (χ4v) is 4.82. The van der Waals surface area contributed by atoms with Crippen LogP contribution in [-0.2, 0) is 9.53 Å². The van der Waals surface area contributed by atoms with Gasteiger partial charge in [0.15, 0.2) is 0 Å². The second-order valence-electron chi connectivity index (χ2n) is 6.85. The molecule has 1 aliphatic carbocycles. The van der Waals surface area contributed by atoms with E-state index < -0.39 is 8.07 Å². The van der Waals surface area contributed by atoms with Gasteiger partial charge in [0.1, 0.15) is 0 Å². The van der Waals surface area contributed by atoms with Crippen molar-refractivity contribution in [3.05, 3.63) is 17.0 Å². The molecule has 0 spiro atoms. The van der Waals surface area contributed by atoms with Crippen molar-refractivity contribution >= 4 is 14.0 Å². The monoisotopic (exact) mass is 294 g/mol. The summed E-state index contributed by atoms with van der Waals surface area (Å²) in [5.74, 6) is 0.403. The quantitative estimate of drug-likeness (QED) is 0.416. The van der Waals surface area contributed by atoms with Crippen LogP contribution in [0.2, 0.25) is 19.6 Å². The maximum absolute atomic E-state index is 12.0. The molecule has 3 heteroatoms. The number of ether oxygens (including phenoxy) is 1. The average molecular weight is 295 g/mol. The van der Waals surface area contributed by atoms with E-state index in [0.29, 0.717) is 12.5 Å². The van der Waals surface area contributed by atoms with Crippen LogP contribution in [0.3, 0.4) is 0 Å². The highest BCUT2D eigenvalue weighted by Gasteiger charge is 2.29. The molecule has 0 radical (unpaired) electrons. The van der Waals surface area contributed by atoms with Crippen molar-refractivity contribution < 1.29 is 9.53 Å². The second-order valence-corrected chi connectivity index (χ2v) is 11.9. The smallest absolute Gasteiger partial charge is 0.313 e. The highest BCUT2D eigenvalue weighted by Crippen LogP contribution is 2.27. The van der Waals surface area contributed by atoms with Crippen molar-refractivity contribution in [2.24, 2.45) is 11.8 Å². The zero-order valence-corrected chi connectivity index (χ0v) is 14.8. The molecule has 0 saturated heterocycles. The molecule has 20 heavy (non-hydrogen) atoms. The molecular weight excluding hydrogens is 264 g/mol. The van der Waals surface area contributed by atoms with Gasteiger partial charge in [-0.2, -0.15) is 0 Å². The van der Waals surface area contributed by atoms with Crippen LogP contribution in [0.1, 0.15) is 46.0 Å². The van der Waals surface area contributed by atoms with Gasteiger partial charge in [-0.15, -0.1) is 5.73 Å². The van der Waals surface area contributed by atoms with Gasteiger partial charge in [-0.25, -0.2) is 0 Å². The Morgan fingerprint density at radius 2 is 1.90 bits per heavy atom. The minimum atomic E-state index is -1.55. The van der Waals surface area contributed by atoms with Gasteiger partial charge in [0.25, 0.3) is 0 Å². The minimum absolute atomic E-state index is 0.102. The third-order valence-electron chi connectivity index (χ3n) is 4.01. The lowest BCUT2D eigenvalue weighted by Gasteiger charge is -2.24. The van der Waals surface area contributed by atoms with Gasteiger partial charge in [-0.3, -0.25) is 4.79 Å². The Labute approximate surface area is 125 Å². The van der Waals surface area contributed by atoms with Crippen LogP contribution in [-0.4, -0.2) is 20.7 Å². The zero-order chi connectivity index (χ0) is 15.2. The number of rotatable bonds is 5. The fourth-order valence-electron chi connectivity index (χ4n) is 2.88. The molecule has 1 rings (SSSR count). The molecule has 1 aliphatic rings. The minimum Gasteiger partial charge on any atom is -0.466 e. The van der Waals surface area contributed by atoms with E-state index >= 15 is 0 Å². The van der Waals surface area contributed by atoms with E-state index in [1.807, 2.05) is 13.8 Å². The molecule has 1 saturated carbocycles. The van der Waals surface area contributed by atoms with Crippen LogP contribution in [0.5, 0.6) is 0 Å². The molecule has 1 atom stereocenters. The summed E-state index contributed by atoms with van der Waals surface area (Å²) < 4.78 is 5.18. The summed E-state index contributed by atoms with van der Waals surface area (Å²) in [6.45, 7) is 11.1. The van der Waals surface area contributed by atoms with Gasteiger partial charge >= 0.3 is 5.97 Å². The molecular formula is C17H30O2Si. The molecule has 1 fully saturated rings. The normalized spacial score (nSPS) is 18.1. The number of carbonyl (C=O) groups is 1. The number of hydrogen-bond acceptors (Lipinski definition) is 2. The molecule has 0 amide bonds. The van der Waals surface area contributed by atoms with Gasteiger partial charge in [-0.1, -0.05) is 38.9 Å². The maximum Gasteiger partial charge on any atom is 0.313 e. The SMILES string of the molecule is CCOC(=O)[C@@H](C)C(=C=CC1CCCCC1)[Si](C)(C)C. The van der Waals surface area contributed by atoms with Crippen LogP contribution in [0.15, 0.2) is 17.0 Å². The van der Waals surface area contributed by atoms with Gasteiger partial charge in [0.05, 0.1) is 20.6 Å². The zero-order valence-electron chi connectivity index (χ0n) is 13.8. The molecule has 0 bridgehead atoms. The van der Waals surface area contributed by atoms with Gasteiger partial charge in [-0.05, 0) is 43.9 Å². The Morgan fingerprint density at radius 1 is 1.30 bits per heavy atom. The van der Waals surface area contributed by atoms with E-state index in [9.17, 15) is 4.79 Å². The summed E-state index contributed by atoms with van der Waals surface area (Å²) in [7, 11) is -1.55. The predicted molar refractivity (Wildman–Crippen MR) is 87.3 cm³/mol. The van der Waals surface area contributed by atoms with Crippen molar-refractivity contribution in [2.45, 2.75) is 65.6 Å². The molecule has 2 nitrogen and oxygen atoms in total. The van der Waals surface area contributed by atoms with Crippen LogP contribution in [0.4, 0.5) is 0 Å². The number of esters is 1. The Morgan fingerprint density at radius 3 is 2.40 bits per heavy atom. The van der Waals surface area contributed by atoms with Crippen LogP contribution in [0.25, 0.3) is 0 Å². The summed E-state index contributed by atoms with van der Waals surface area (Å²) in [6.07, 6.45) is 8.83. The molecule has 0 unspecified atom stereocenters. The van der Waals surface area contributed by atoms with E-state index in [2.05, 4.69) is 31.4 Å². The molecule has 0 aromatic heterocycles. The molecule has 0 aliphatic heterocycles. The molecule has 0 aromatic carbocycles. The number of hydrogen-bond donors (Lipinski definition) is 0. The predicted octanol–water partition coefficient (Wildman–Crippen LogP) is 4.72. The summed E-state index contributed by atoms with van der Waals surface area (Å²) in [6, 6.07) is 0. The lowest BCUT2D eigenvalue weighted by atomic mass is 9.89. The standard InChI is InChI=1S/C17H30O2Si/c1-6-19-17(18)14(2)16(20(3,4)5)13-12-15-10-8-7-9-11-15/h12,14-15H,6-11H2,1-5H3/t13?,14-/m0/s1. The van der Waals surface area contributed by atoms with E-state index in [-0.39, 0.29) is 11.9 Å². The Balaban J connectivity index is 2.93. The second kappa shape index (κ2) is 7.85. The Kier molecular flexibility index (Phi) is 6.77. The Bertz CT molecular complexity index is 380. The van der Waals surface area contributed by atoms with Crippen LogP contribution >= 0.6 is 0 Å². The van der Waals surface area contributed by atoms with Gasteiger partial charge < -0.3 is 4.74 Å². The van der Waals surface area contributed by atoms with Crippen molar-refractivity contribution in [2.75, 3.05) is 6.61 Å². The first-order chi connectivity index (χ1) is 9.36. The molecule has 114 valence electrons. The first-order valence-electron chi connectivity index (χ1n) is 8.00. The van der Waals surface area contributed by atoms with E-state index in [0.717, 1.165) is 0 Å². The highest BCUT2D eigenvalue weighted by molar-refractivity contribution is 6.83. The first kappa shape index (κ1) is 17.3. The third-order valence-corrected chi connectivity index (χ3v) is 6.20. The summed E-state index contributed by atoms with van der Waals surface area (Å²) in [4.78, 5) is 12.0. The highest BCUT2D eigenvalue weighted by atomic mass is 28.3. The fraction of sp³-hybridized carbons (Fsp3) is 0.765.